The molecule has 0 aromatic carbocycles. The third-order valence-corrected chi connectivity index (χ3v) is 4.26. The highest BCUT2D eigenvalue weighted by molar-refractivity contribution is 5.72. The third-order valence-electron chi connectivity index (χ3n) is 4.26. The van der Waals surface area contributed by atoms with E-state index in [9.17, 15) is 20.1 Å². The van der Waals surface area contributed by atoms with E-state index in [-0.39, 0.29) is 18.6 Å². The number of hydrogen-bond acceptors (Lipinski definition) is 5. The Balaban J connectivity index is 2.56. The number of aliphatic hydroxyl groups is 3. The second kappa shape index (κ2) is 9.35. The normalized spacial score (nSPS) is 29.8. The smallest absolute Gasteiger partial charge is 0.216 e. The Morgan fingerprint density at radius 2 is 1.71 bits per heavy atom. The van der Waals surface area contributed by atoms with E-state index in [4.69, 9.17) is 0 Å². The Morgan fingerprint density at radius 3 is 2.29 bits per heavy atom. The number of nitrogens with one attached hydrogen (secondary N) is 1. The number of aliphatic hydroxyl groups excluding tert-OH is 3. The summed E-state index contributed by atoms with van der Waals surface area (Å²) in [5.41, 5.74) is 0. The van der Waals surface area contributed by atoms with Crippen LogP contribution in [-0.2, 0) is 4.79 Å². The van der Waals surface area contributed by atoms with Crippen LogP contribution in [0.2, 0.25) is 0 Å². The van der Waals surface area contributed by atoms with E-state index in [1.165, 1.54) is 26.2 Å². The van der Waals surface area contributed by atoms with Gasteiger partial charge in [0.1, 0.15) is 0 Å². The molecule has 21 heavy (non-hydrogen) atoms. The predicted molar refractivity (Wildman–Crippen MR) is 80.8 cm³/mol. The van der Waals surface area contributed by atoms with Crippen LogP contribution >= 0.6 is 0 Å². The van der Waals surface area contributed by atoms with Gasteiger partial charge in [0.05, 0.1) is 30.9 Å². The van der Waals surface area contributed by atoms with Crippen molar-refractivity contribution in [1.82, 2.24) is 10.2 Å². The highest BCUT2D eigenvalue weighted by atomic mass is 16.3. The highest BCUT2D eigenvalue weighted by Gasteiger charge is 2.46. The van der Waals surface area contributed by atoms with Crippen LogP contribution in [0, 0.1) is 0 Å². The van der Waals surface area contributed by atoms with Gasteiger partial charge in [-0.1, -0.05) is 32.6 Å². The lowest BCUT2D eigenvalue weighted by molar-refractivity contribution is -0.119. The number of unbranched alkanes of at least 4 members (excludes halogenated alkanes) is 4. The van der Waals surface area contributed by atoms with Crippen molar-refractivity contribution in [2.45, 2.75) is 70.2 Å². The zero-order valence-electron chi connectivity index (χ0n) is 13.2. The largest absolute Gasteiger partial charge is 0.395 e. The molecule has 0 spiro atoms. The molecule has 124 valence electrons. The fraction of sp³-hybridized carbons (Fsp3) is 0.933. The molecule has 1 aliphatic rings. The standard InChI is InChI=1S/C15H30N2O4/c1-3-4-5-6-7-8-17-12(9-16-11(2)19)14(20)15(21)13(17)10-18/h12-15,18,20-21H,3-10H2,1-2H3,(H,16,19)/t12-,13-,14-,15-/m1/s1. The van der Waals surface area contributed by atoms with Gasteiger partial charge in [-0.2, -0.15) is 0 Å². The van der Waals surface area contributed by atoms with Gasteiger partial charge < -0.3 is 20.6 Å². The fourth-order valence-corrected chi connectivity index (χ4v) is 3.02. The molecular formula is C15H30N2O4. The molecule has 0 bridgehead atoms. The minimum atomic E-state index is -0.968. The predicted octanol–water partition coefficient (Wildman–Crippen LogP) is -0.140. The summed E-state index contributed by atoms with van der Waals surface area (Å²) in [6, 6.07) is -0.794. The molecule has 0 unspecified atom stereocenters. The average molecular weight is 302 g/mol. The van der Waals surface area contributed by atoms with Gasteiger partial charge in [-0.3, -0.25) is 9.69 Å². The minimum Gasteiger partial charge on any atom is -0.395 e. The van der Waals surface area contributed by atoms with E-state index in [0.29, 0.717) is 13.1 Å². The Morgan fingerprint density at radius 1 is 1.10 bits per heavy atom. The Labute approximate surface area is 127 Å². The third kappa shape index (κ3) is 5.21. The summed E-state index contributed by atoms with van der Waals surface area (Å²) in [6.45, 7) is 4.41. The van der Waals surface area contributed by atoms with Gasteiger partial charge in [0.25, 0.3) is 0 Å². The molecule has 4 N–H and O–H groups in total. The molecule has 1 rings (SSSR count). The van der Waals surface area contributed by atoms with Crippen molar-refractivity contribution in [2.75, 3.05) is 19.7 Å². The molecule has 6 nitrogen and oxygen atoms in total. The summed E-state index contributed by atoms with van der Waals surface area (Å²) >= 11 is 0. The van der Waals surface area contributed by atoms with Crippen LogP contribution in [0.15, 0.2) is 0 Å². The van der Waals surface area contributed by atoms with Crippen LogP contribution in [0.4, 0.5) is 0 Å². The van der Waals surface area contributed by atoms with Gasteiger partial charge in [0.15, 0.2) is 0 Å². The van der Waals surface area contributed by atoms with E-state index < -0.39 is 18.2 Å². The number of hydrogen-bond donors (Lipinski definition) is 4. The van der Waals surface area contributed by atoms with E-state index in [2.05, 4.69) is 12.2 Å². The summed E-state index contributed by atoms with van der Waals surface area (Å²) < 4.78 is 0. The number of likely N-dealkylation sites (tertiary alicyclic amines) is 1. The lowest BCUT2D eigenvalue weighted by atomic mass is 10.1. The SMILES string of the molecule is CCCCCCCN1[C@H](CO)[C@@H](O)[C@H](O)[C@H]1CNC(C)=O. The van der Waals surface area contributed by atoms with Crippen LogP contribution in [0.25, 0.3) is 0 Å². The number of amides is 1. The molecule has 0 saturated carbocycles. The van der Waals surface area contributed by atoms with Crippen LogP contribution in [0.3, 0.4) is 0 Å². The van der Waals surface area contributed by atoms with Gasteiger partial charge in [0.2, 0.25) is 5.91 Å². The Bertz CT molecular complexity index is 314. The molecule has 1 amide bonds. The summed E-state index contributed by atoms with van der Waals surface area (Å²) in [5, 5.41) is 32.3. The lowest BCUT2D eigenvalue weighted by Gasteiger charge is -2.29. The summed E-state index contributed by atoms with van der Waals surface area (Å²) in [4.78, 5) is 13.0. The summed E-state index contributed by atoms with van der Waals surface area (Å²) in [5.74, 6) is -0.160. The maximum Gasteiger partial charge on any atom is 0.216 e. The number of carbonyl (C=O) groups is 1. The first-order valence-electron chi connectivity index (χ1n) is 8.00. The molecule has 1 heterocycles. The molecule has 1 aliphatic heterocycles. The van der Waals surface area contributed by atoms with Crippen molar-refractivity contribution in [3.63, 3.8) is 0 Å². The Hall–Kier alpha value is -0.690. The average Bonchev–Trinajstić information content (AvgIpc) is 2.68. The van der Waals surface area contributed by atoms with Crippen molar-refractivity contribution >= 4 is 5.91 Å². The van der Waals surface area contributed by atoms with Crippen LogP contribution in [-0.4, -0.2) is 70.1 Å². The molecule has 0 aromatic heterocycles. The quantitative estimate of drug-likeness (QED) is 0.445. The molecule has 1 fully saturated rings. The molecular weight excluding hydrogens is 272 g/mol. The van der Waals surface area contributed by atoms with Crippen LogP contribution in [0.5, 0.6) is 0 Å². The van der Waals surface area contributed by atoms with E-state index in [1.807, 2.05) is 4.90 Å². The molecule has 0 aromatic rings. The zero-order chi connectivity index (χ0) is 15.8. The van der Waals surface area contributed by atoms with Gasteiger partial charge in [0, 0.05) is 13.5 Å². The van der Waals surface area contributed by atoms with Gasteiger partial charge in [-0.25, -0.2) is 0 Å². The van der Waals surface area contributed by atoms with Gasteiger partial charge in [-0.15, -0.1) is 0 Å². The zero-order valence-corrected chi connectivity index (χ0v) is 13.2. The van der Waals surface area contributed by atoms with Crippen molar-refractivity contribution in [3.05, 3.63) is 0 Å². The maximum absolute atomic E-state index is 11.1. The van der Waals surface area contributed by atoms with E-state index in [0.717, 1.165) is 12.8 Å². The van der Waals surface area contributed by atoms with Gasteiger partial charge in [-0.05, 0) is 13.0 Å². The first-order valence-corrected chi connectivity index (χ1v) is 8.00. The summed E-state index contributed by atoms with van der Waals surface area (Å²) in [6.07, 6.45) is 3.73. The first kappa shape index (κ1) is 18.4. The number of carbonyl (C=O) groups excluding carboxylic acids is 1. The fourth-order valence-electron chi connectivity index (χ4n) is 3.02. The lowest BCUT2D eigenvalue weighted by Crippen LogP contribution is -2.47. The number of rotatable bonds is 9. The first-order chi connectivity index (χ1) is 10.0. The second-order valence-electron chi connectivity index (χ2n) is 5.89. The topological polar surface area (TPSA) is 93.0 Å². The van der Waals surface area contributed by atoms with E-state index >= 15 is 0 Å². The second-order valence-corrected chi connectivity index (χ2v) is 5.89. The molecule has 1 saturated heterocycles. The van der Waals surface area contributed by atoms with Crippen molar-refractivity contribution in [1.29, 1.82) is 0 Å². The van der Waals surface area contributed by atoms with Crippen molar-refractivity contribution in [3.8, 4) is 0 Å². The highest BCUT2D eigenvalue weighted by Crippen LogP contribution is 2.25. The van der Waals surface area contributed by atoms with Crippen LogP contribution < -0.4 is 5.32 Å². The molecule has 0 aliphatic carbocycles. The van der Waals surface area contributed by atoms with Crippen molar-refractivity contribution in [2.24, 2.45) is 0 Å². The molecule has 4 atom stereocenters. The maximum atomic E-state index is 11.1. The van der Waals surface area contributed by atoms with Crippen molar-refractivity contribution < 1.29 is 20.1 Å². The Kier molecular flexibility index (Phi) is 8.18. The molecule has 6 heteroatoms. The monoisotopic (exact) mass is 302 g/mol. The van der Waals surface area contributed by atoms with Gasteiger partial charge >= 0.3 is 0 Å². The molecule has 0 radical (unpaired) electrons. The van der Waals surface area contributed by atoms with E-state index in [1.54, 1.807) is 0 Å². The summed E-state index contributed by atoms with van der Waals surface area (Å²) in [7, 11) is 0. The van der Waals surface area contributed by atoms with Crippen LogP contribution in [0.1, 0.15) is 46.0 Å². The minimum absolute atomic E-state index is 0.160. The number of nitrogens with zero attached hydrogens (tertiary/aromatic N) is 1.